The van der Waals surface area contributed by atoms with Crippen molar-refractivity contribution in [2.45, 2.75) is 12.5 Å². The van der Waals surface area contributed by atoms with Gasteiger partial charge >= 0.3 is 0 Å². The van der Waals surface area contributed by atoms with Crippen LogP contribution in [0.25, 0.3) is 0 Å². The van der Waals surface area contributed by atoms with Crippen molar-refractivity contribution >= 4 is 21.6 Å². The number of aliphatic hydroxyl groups is 1. The van der Waals surface area contributed by atoms with E-state index in [1.165, 1.54) is 12.1 Å². The molecule has 6 heteroatoms. The molecule has 0 heterocycles. The molecule has 15 heavy (non-hydrogen) atoms. The summed E-state index contributed by atoms with van der Waals surface area (Å²) in [5.41, 5.74) is 5.49. The van der Waals surface area contributed by atoms with Crippen molar-refractivity contribution in [3.8, 4) is 0 Å². The second-order valence-electron chi connectivity index (χ2n) is 3.05. The van der Waals surface area contributed by atoms with Crippen LogP contribution in [0.3, 0.4) is 0 Å². The van der Waals surface area contributed by atoms with Crippen molar-refractivity contribution in [2.24, 2.45) is 5.73 Å². The van der Waals surface area contributed by atoms with Crippen molar-refractivity contribution in [1.82, 2.24) is 0 Å². The molecule has 82 valence electrons. The number of aliphatic hydroxyl groups excluding tert-OH is 1. The first-order chi connectivity index (χ1) is 7.06. The largest absolute Gasteiger partial charge is 0.388 e. The molecule has 0 aliphatic carbocycles. The minimum Gasteiger partial charge on any atom is -0.388 e. The molecule has 0 saturated carbocycles. The van der Waals surface area contributed by atoms with Gasteiger partial charge in [0.05, 0.1) is 16.6 Å². The van der Waals surface area contributed by atoms with Gasteiger partial charge in [-0.3, -0.25) is 10.1 Å². The first-order valence-corrected chi connectivity index (χ1v) is 5.17. The molecule has 0 saturated heterocycles. The maximum atomic E-state index is 10.7. The minimum atomic E-state index is -0.886. The highest BCUT2D eigenvalue weighted by molar-refractivity contribution is 9.10. The van der Waals surface area contributed by atoms with Gasteiger partial charge in [0, 0.05) is 10.5 Å². The van der Waals surface area contributed by atoms with E-state index in [0.29, 0.717) is 16.5 Å². The number of nitrogens with two attached hydrogens (primary N) is 1. The summed E-state index contributed by atoms with van der Waals surface area (Å²) >= 11 is 3.14. The topological polar surface area (TPSA) is 89.4 Å². The predicted octanol–water partition coefficient (Wildman–Crippen LogP) is 1.74. The van der Waals surface area contributed by atoms with E-state index in [4.69, 9.17) is 5.73 Å². The molecular formula is C9H11BrN2O3. The maximum absolute atomic E-state index is 10.7. The lowest BCUT2D eigenvalue weighted by Gasteiger charge is -2.09. The minimum absolute atomic E-state index is 0.0923. The summed E-state index contributed by atoms with van der Waals surface area (Å²) in [6.07, 6.45) is -0.578. The van der Waals surface area contributed by atoms with Crippen LogP contribution in [-0.4, -0.2) is 16.6 Å². The zero-order valence-electron chi connectivity index (χ0n) is 7.89. The molecule has 0 bridgehead atoms. The Kier molecular flexibility index (Phi) is 4.19. The summed E-state index contributed by atoms with van der Waals surface area (Å²) in [4.78, 5) is 10.2. The zero-order valence-corrected chi connectivity index (χ0v) is 9.48. The molecule has 0 fully saturated rings. The van der Waals surface area contributed by atoms with Crippen LogP contribution in [0.15, 0.2) is 22.7 Å². The first kappa shape index (κ1) is 12.1. The van der Waals surface area contributed by atoms with Crippen LogP contribution in [0.4, 0.5) is 5.69 Å². The molecule has 1 atom stereocenters. The Balaban J connectivity index is 3.10. The summed E-state index contributed by atoms with van der Waals surface area (Å²) in [5, 5.41) is 20.4. The Morgan fingerprint density at radius 3 is 2.80 bits per heavy atom. The summed E-state index contributed by atoms with van der Waals surface area (Å²) in [5.74, 6) is 0. The van der Waals surface area contributed by atoms with Crippen LogP contribution in [0.2, 0.25) is 0 Å². The Bertz CT molecular complexity index is 370. The van der Waals surface area contributed by atoms with E-state index in [1.807, 2.05) is 0 Å². The van der Waals surface area contributed by atoms with E-state index in [1.54, 1.807) is 6.07 Å². The summed E-state index contributed by atoms with van der Waals surface area (Å²) in [6.45, 7) is 0.286. The summed E-state index contributed by atoms with van der Waals surface area (Å²) in [7, 11) is 0. The Morgan fingerprint density at radius 2 is 2.27 bits per heavy atom. The van der Waals surface area contributed by atoms with Gasteiger partial charge in [0.25, 0.3) is 5.69 Å². The first-order valence-electron chi connectivity index (χ1n) is 4.38. The predicted molar refractivity (Wildman–Crippen MR) is 59.4 cm³/mol. The third kappa shape index (κ3) is 2.98. The van der Waals surface area contributed by atoms with E-state index >= 15 is 0 Å². The second-order valence-corrected chi connectivity index (χ2v) is 3.97. The fraction of sp³-hybridized carbons (Fsp3) is 0.333. The fourth-order valence-corrected chi connectivity index (χ4v) is 1.62. The highest BCUT2D eigenvalue weighted by atomic mass is 79.9. The molecule has 1 aromatic carbocycles. The average Bonchev–Trinajstić information content (AvgIpc) is 2.17. The van der Waals surface area contributed by atoms with Gasteiger partial charge in [-0.05, 0) is 25.1 Å². The zero-order chi connectivity index (χ0) is 11.4. The van der Waals surface area contributed by atoms with E-state index in [2.05, 4.69) is 15.9 Å². The van der Waals surface area contributed by atoms with Crippen LogP contribution >= 0.6 is 15.9 Å². The van der Waals surface area contributed by atoms with Crippen molar-refractivity contribution in [3.63, 3.8) is 0 Å². The van der Waals surface area contributed by atoms with Gasteiger partial charge < -0.3 is 10.8 Å². The normalized spacial score (nSPS) is 12.5. The number of hydrogen-bond acceptors (Lipinski definition) is 4. The number of nitrogens with zero attached hydrogens (tertiary/aromatic N) is 1. The van der Waals surface area contributed by atoms with E-state index in [-0.39, 0.29) is 12.2 Å². The molecule has 5 nitrogen and oxygen atoms in total. The second kappa shape index (κ2) is 5.20. The number of nitro groups is 1. The third-order valence-electron chi connectivity index (χ3n) is 1.99. The lowest BCUT2D eigenvalue weighted by molar-refractivity contribution is -0.386. The molecule has 0 radical (unpaired) electrons. The number of halogens is 1. The van der Waals surface area contributed by atoms with E-state index in [9.17, 15) is 15.2 Å². The van der Waals surface area contributed by atoms with Crippen LogP contribution in [-0.2, 0) is 0 Å². The number of benzene rings is 1. The van der Waals surface area contributed by atoms with Gasteiger partial charge in [0.2, 0.25) is 0 Å². The van der Waals surface area contributed by atoms with Gasteiger partial charge in [-0.25, -0.2) is 0 Å². The quantitative estimate of drug-likeness (QED) is 0.647. The molecule has 1 aromatic rings. The van der Waals surface area contributed by atoms with E-state index < -0.39 is 11.0 Å². The molecule has 3 N–H and O–H groups in total. The lowest BCUT2D eigenvalue weighted by Crippen LogP contribution is -2.08. The summed E-state index contributed by atoms with van der Waals surface area (Å²) in [6, 6.07) is 4.56. The number of nitro benzene ring substituents is 1. The molecule has 1 rings (SSSR count). The average molecular weight is 275 g/mol. The van der Waals surface area contributed by atoms with E-state index in [0.717, 1.165) is 0 Å². The fourth-order valence-electron chi connectivity index (χ4n) is 1.27. The molecule has 0 aromatic heterocycles. The van der Waals surface area contributed by atoms with Gasteiger partial charge in [-0.2, -0.15) is 0 Å². The molecule has 0 amide bonds. The Labute approximate surface area is 95.2 Å². The molecular weight excluding hydrogens is 264 g/mol. The smallest absolute Gasteiger partial charge is 0.276 e. The van der Waals surface area contributed by atoms with Crippen molar-refractivity contribution in [3.05, 3.63) is 38.3 Å². The van der Waals surface area contributed by atoms with Crippen molar-refractivity contribution < 1.29 is 10.0 Å². The van der Waals surface area contributed by atoms with Gasteiger partial charge in [0.15, 0.2) is 0 Å². The van der Waals surface area contributed by atoms with Gasteiger partial charge in [-0.1, -0.05) is 15.9 Å². The van der Waals surface area contributed by atoms with Crippen LogP contribution in [0, 0.1) is 10.1 Å². The SMILES string of the molecule is NCC[C@H](O)c1ccc(Br)cc1[N+](=O)[O-]. The monoisotopic (exact) mass is 274 g/mol. The van der Waals surface area contributed by atoms with Gasteiger partial charge in [0.1, 0.15) is 0 Å². The third-order valence-corrected chi connectivity index (χ3v) is 2.48. The van der Waals surface area contributed by atoms with Crippen LogP contribution in [0.1, 0.15) is 18.1 Å². The number of hydrogen-bond donors (Lipinski definition) is 2. The Hall–Kier alpha value is -0.980. The molecule has 0 spiro atoms. The lowest BCUT2D eigenvalue weighted by atomic mass is 10.0. The standard InChI is InChI=1S/C9H11BrN2O3/c10-6-1-2-7(9(13)3-4-11)8(5-6)12(14)15/h1-2,5,9,13H,3-4,11H2/t9-/m0/s1. The highest BCUT2D eigenvalue weighted by Crippen LogP contribution is 2.29. The van der Waals surface area contributed by atoms with Crippen molar-refractivity contribution in [1.29, 1.82) is 0 Å². The Morgan fingerprint density at radius 1 is 1.60 bits per heavy atom. The molecule has 0 unspecified atom stereocenters. The summed E-state index contributed by atoms with van der Waals surface area (Å²) < 4.78 is 0.609. The molecule has 0 aliphatic rings. The van der Waals surface area contributed by atoms with Crippen LogP contribution in [0.5, 0.6) is 0 Å². The van der Waals surface area contributed by atoms with Crippen molar-refractivity contribution in [2.75, 3.05) is 6.54 Å². The molecule has 0 aliphatic heterocycles. The van der Waals surface area contributed by atoms with Gasteiger partial charge in [-0.15, -0.1) is 0 Å². The number of rotatable bonds is 4. The van der Waals surface area contributed by atoms with Crippen LogP contribution < -0.4 is 5.73 Å². The highest BCUT2D eigenvalue weighted by Gasteiger charge is 2.19. The maximum Gasteiger partial charge on any atom is 0.276 e.